The number of hydrogen-bond acceptors (Lipinski definition) is 2. The van der Waals surface area contributed by atoms with Gasteiger partial charge in [0.15, 0.2) is 0 Å². The summed E-state index contributed by atoms with van der Waals surface area (Å²) in [7, 11) is 0. The Morgan fingerprint density at radius 2 is 1.57 bits per heavy atom. The highest BCUT2D eigenvalue weighted by Gasteiger charge is 2.29. The zero-order valence-electron chi connectivity index (χ0n) is 11.9. The molecule has 1 aliphatic heterocycles. The second-order valence-electron chi connectivity index (χ2n) is 5.06. The molecule has 0 radical (unpaired) electrons. The van der Waals surface area contributed by atoms with E-state index in [4.69, 9.17) is 35.4 Å². The van der Waals surface area contributed by atoms with Gasteiger partial charge < -0.3 is 5.32 Å². The number of halogens is 2. The van der Waals surface area contributed by atoms with Gasteiger partial charge in [0.05, 0.1) is 12.2 Å². The Morgan fingerprint density at radius 1 is 1.00 bits per heavy atom. The molecule has 0 atom stereocenters. The van der Waals surface area contributed by atoms with Crippen LogP contribution < -0.4 is 5.32 Å². The van der Waals surface area contributed by atoms with Crippen LogP contribution in [0.4, 0.5) is 4.79 Å². The third kappa shape index (κ3) is 3.72. The lowest BCUT2D eigenvalue weighted by atomic mass is 10.2. The highest BCUT2D eigenvalue weighted by atomic mass is 35.5. The van der Waals surface area contributed by atoms with Gasteiger partial charge in [-0.25, -0.2) is 4.79 Å². The summed E-state index contributed by atoms with van der Waals surface area (Å²) in [6, 6.07) is 14.4. The number of benzene rings is 2. The minimum atomic E-state index is -0.231. The van der Waals surface area contributed by atoms with Gasteiger partial charge in [-0.2, -0.15) is 0 Å². The lowest BCUT2D eigenvalue weighted by molar-refractivity contribution is 0.228. The van der Waals surface area contributed by atoms with E-state index in [-0.39, 0.29) is 6.03 Å². The van der Waals surface area contributed by atoms with Crippen LogP contribution >= 0.6 is 35.4 Å². The number of urea groups is 1. The molecule has 23 heavy (non-hydrogen) atoms. The zero-order valence-corrected chi connectivity index (χ0v) is 14.3. The molecule has 6 heteroatoms. The molecule has 1 N–H and O–H groups in total. The second kappa shape index (κ2) is 6.71. The summed E-state index contributed by atoms with van der Waals surface area (Å²) < 4.78 is 0. The fraction of sp³-hybridized carbons (Fsp3) is 0.0588. The van der Waals surface area contributed by atoms with E-state index in [0.717, 1.165) is 11.1 Å². The summed E-state index contributed by atoms with van der Waals surface area (Å²) in [6.07, 6.45) is 1.83. The maximum Gasteiger partial charge on any atom is 0.327 e. The van der Waals surface area contributed by atoms with Crippen LogP contribution in [0.3, 0.4) is 0 Å². The predicted octanol–water partition coefficient (Wildman–Crippen LogP) is 4.89. The van der Waals surface area contributed by atoms with E-state index < -0.39 is 0 Å². The van der Waals surface area contributed by atoms with Crippen molar-refractivity contribution < 1.29 is 4.79 Å². The predicted molar refractivity (Wildman–Crippen MR) is 97.6 cm³/mol. The number of amides is 2. The van der Waals surface area contributed by atoms with Crippen molar-refractivity contribution >= 4 is 52.5 Å². The maximum absolute atomic E-state index is 12.2. The highest BCUT2D eigenvalue weighted by molar-refractivity contribution is 7.80. The minimum Gasteiger partial charge on any atom is -0.305 e. The van der Waals surface area contributed by atoms with Gasteiger partial charge >= 0.3 is 6.03 Å². The van der Waals surface area contributed by atoms with Crippen LogP contribution in [0.2, 0.25) is 10.0 Å². The molecule has 1 aliphatic rings. The number of hydrogen-bond donors (Lipinski definition) is 1. The number of rotatable bonds is 3. The molecular formula is C17H12Cl2N2OS. The molecule has 116 valence electrons. The third-order valence-corrected chi connectivity index (χ3v) is 4.34. The van der Waals surface area contributed by atoms with Gasteiger partial charge in [0.2, 0.25) is 0 Å². The van der Waals surface area contributed by atoms with Gasteiger partial charge in [-0.1, -0.05) is 59.7 Å². The summed E-state index contributed by atoms with van der Waals surface area (Å²) in [6.45, 7) is 0.403. The summed E-state index contributed by atoms with van der Waals surface area (Å²) >= 11 is 17.2. The first-order valence-corrected chi connectivity index (χ1v) is 8.04. The normalized spacial score (nSPS) is 16.1. The number of thiocarbonyl (C=S) groups is 1. The SMILES string of the molecule is O=C1N/C(=C\c2ccc(Cl)cc2)C(=S)N1Cc1ccc(Cl)cc1. The number of nitrogens with one attached hydrogen (secondary N) is 1. The van der Waals surface area contributed by atoms with Gasteiger partial charge in [0.25, 0.3) is 0 Å². The third-order valence-electron chi connectivity index (χ3n) is 3.40. The Labute approximate surface area is 149 Å². The standard InChI is InChI=1S/C17H12Cl2N2OS/c18-13-5-1-11(2-6-13)9-15-16(23)21(17(22)20-15)10-12-3-7-14(19)8-4-12/h1-9H,10H2,(H,20,22)/b15-9-. The molecule has 0 spiro atoms. The van der Waals surface area contributed by atoms with Gasteiger partial charge in [-0.3, -0.25) is 4.90 Å². The van der Waals surface area contributed by atoms with Crippen LogP contribution in [0.15, 0.2) is 54.2 Å². The van der Waals surface area contributed by atoms with Crippen molar-refractivity contribution in [2.45, 2.75) is 6.54 Å². The zero-order chi connectivity index (χ0) is 16.4. The Hall–Kier alpha value is -1.88. The lowest BCUT2D eigenvalue weighted by Gasteiger charge is -2.13. The molecule has 2 aromatic rings. The summed E-state index contributed by atoms with van der Waals surface area (Å²) in [5.41, 5.74) is 2.49. The molecule has 0 unspecified atom stereocenters. The first kappa shape index (κ1) is 16.0. The average Bonchev–Trinajstić information content (AvgIpc) is 2.79. The molecule has 3 nitrogen and oxygen atoms in total. The fourth-order valence-corrected chi connectivity index (χ4v) is 2.72. The molecule has 1 fully saturated rings. The molecule has 0 aliphatic carbocycles. The van der Waals surface area contributed by atoms with E-state index >= 15 is 0 Å². The first-order valence-electron chi connectivity index (χ1n) is 6.87. The number of carbonyl (C=O) groups is 1. The number of carbonyl (C=O) groups excluding carboxylic acids is 1. The van der Waals surface area contributed by atoms with E-state index in [1.165, 1.54) is 4.90 Å². The van der Waals surface area contributed by atoms with E-state index in [9.17, 15) is 4.79 Å². The Balaban J connectivity index is 1.79. The maximum atomic E-state index is 12.2. The quantitative estimate of drug-likeness (QED) is 0.622. The van der Waals surface area contributed by atoms with Crippen LogP contribution in [-0.2, 0) is 6.54 Å². The van der Waals surface area contributed by atoms with Gasteiger partial charge in [-0.15, -0.1) is 0 Å². The van der Waals surface area contributed by atoms with E-state index in [1.807, 2.05) is 30.3 Å². The van der Waals surface area contributed by atoms with Crippen LogP contribution in [0.1, 0.15) is 11.1 Å². The van der Waals surface area contributed by atoms with E-state index in [1.54, 1.807) is 24.3 Å². The molecule has 3 rings (SSSR count). The van der Waals surface area contributed by atoms with Crippen molar-refractivity contribution in [3.05, 3.63) is 75.4 Å². The van der Waals surface area contributed by atoms with Crippen LogP contribution in [0.5, 0.6) is 0 Å². The summed E-state index contributed by atoms with van der Waals surface area (Å²) in [5.74, 6) is 0. The van der Waals surface area contributed by atoms with Gasteiger partial charge in [0, 0.05) is 10.0 Å². The molecule has 2 aromatic carbocycles. The molecular weight excluding hydrogens is 351 g/mol. The van der Waals surface area contributed by atoms with Crippen molar-refractivity contribution in [2.75, 3.05) is 0 Å². The number of nitrogens with zero attached hydrogens (tertiary/aromatic N) is 1. The van der Waals surface area contributed by atoms with E-state index in [2.05, 4.69) is 5.32 Å². The first-order chi connectivity index (χ1) is 11.0. The molecule has 1 saturated heterocycles. The monoisotopic (exact) mass is 362 g/mol. The molecule has 0 saturated carbocycles. The summed E-state index contributed by atoms with van der Waals surface area (Å²) in [4.78, 5) is 14.2. The van der Waals surface area contributed by atoms with Crippen molar-refractivity contribution in [1.82, 2.24) is 10.2 Å². The largest absolute Gasteiger partial charge is 0.327 e. The summed E-state index contributed by atoms with van der Waals surface area (Å²) in [5, 5.41) is 4.12. The van der Waals surface area contributed by atoms with Crippen molar-refractivity contribution in [2.24, 2.45) is 0 Å². The topological polar surface area (TPSA) is 32.3 Å². The van der Waals surface area contributed by atoms with Crippen LogP contribution in [0.25, 0.3) is 6.08 Å². The minimum absolute atomic E-state index is 0.231. The molecule has 1 heterocycles. The smallest absolute Gasteiger partial charge is 0.305 e. The average molecular weight is 363 g/mol. The highest BCUT2D eigenvalue weighted by Crippen LogP contribution is 2.20. The fourth-order valence-electron chi connectivity index (χ4n) is 2.21. The van der Waals surface area contributed by atoms with Gasteiger partial charge in [-0.05, 0) is 41.5 Å². The lowest BCUT2D eigenvalue weighted by Crippen LogP contribution is -2.29. The second-order valence-corrected chi connectivity index (χ2v) is 6.32. The molecule has 0 aromatic heterocycles. The van der Waals surface area contributed by atoms with Crippen molar-refractivity contribution in [1.29, 1.82) is 0 Å². The van der Waals surface area contributed by atoms with Crippen molar-refractivity contribution in [3.8, 4) is 0 Å². The van der Waals surface area contributed by atoms with Gasteiger partial charge in [0.1, 0.15) is 4.99 Å². The van der Waals surface area contributed by atoms with Crippen molar-refractivity contribution in [3.63, 3.8) is 0 Å². The Bertz CT molecular complexity index is 785. The van der Waals surface area contributed by atoms with Crippen LogP contribution in [-0.4, -0.2) is 15.9 Å². The Kier molecular flexibility index (Phi) is 4.66. The van der Waals surface area contributed by atoms with E-state index in [0.29, 0.717) is 27.3 Å². The molecule has 2 amide bonds. The Morgan fingerprint density at radius 3 is 2.17 bits per heavy atom. The molecule has 0 bridgehead atoms. The van der Waals surface area contributed by atoms with Crippen LogP contribution in [0, 0.1) is 0 Å².